The van der Waals surface area contributed by atoms with Crippen LogP contribution < -0.4 is 5.73 Å². The quantitative estimate of drug-likeness (QED) is 0.869. The first-order valence-corrected chi connectivity index (χ1v) is 8.98. The molecule has 112 valence electrons. The molecule has 1 aromatic rings. The topological polar surface area (TPSA) is 63.4 Å². The van der Waals surface area contributed by atoms with E-state index in [1.54, 1.807) is 16.4 Å². The maximum absolute atomic E-state index is 12.7. The second-order valence-electron chi connectivity index (χ2n) is 5.48. The molecule has 0 saturated carbocycles. The SMILES string of the molecule is CCC1CCCCCN1S(=O)(=O)Cc1ccccc1N. The van der Waals surface area contributed by atoms with Gasteiger partial charge in [-0.2, -0.15) is 4.31 Å². The molecule has 1 aliphatic rings. The van der Waals surface area contributed by atoms with Gasteiger partial charge in [-0.05, 0) is 30.9 Å². The number of anilines is 1. The lowest BCUT2D eigenvalue weighted by Crippen LogP contribution is -2.40. The van der Waals surface area contributed by atoms with Crippen LogP contribution in [0, 0.1) is 0 Å². The first kappa shape index (κ1) is 15.3. The van der Waals surface area contributed by atoms with Gasteiger partial charge in [0.15, 0.2) is 0 Å². The maximum atomic E-state index is 12.7. The Morgan fingerprint density at radius 1 is 1.25 bits per heavy atom. The van der Waals surface area contributed by atoms with Gasteiger partial charge >= 0.3 is 0 Å². The molecule has 4 nitrogen and oxygen atoms in total. The van der Waals surface area contributed by atoms with Crippen molar-refractivity contribution in [2.75, 3.05) is 12.3 Å². The predicted molar refractivity (Wildman–Crippen MR) is 82.7 cm³/mol. The highest BCUT2D eigenvalue weighted by Crippen LogP contribution is 2.25. The van der Waals surface area contributed by atoms with Crippen LogP contribution >= 0.6 is 0 Å². The van der Waals surface area contributed by atoms with Crippen molar-refractivity contribution >= 4 is 15.7 Å². The number of nitrogens with zero attached hydrogens (tertiary/aromatic N) is 1. The summed E-state index contributed by atoms with van der Waals surface area (Å²) in [4.78, 5) is 0. The molecule has 0 bridgehead atoms. The third kappa shape index (κ3) is 3.52. The summed E-state index contributed by atoms with van der Waals surface area (Å²) in [6, 6.07) is 7.36. The first-order chi connectivity index (χ1) is 9.54. The van der Waals surface area contributed by atoms with Crippen molar-refractivity contribution in [1.29, 1.82) is 0 Å². The number of nitrogen functional groups attached to an aromatic ring is 1. The second-order valence-corrected chi connectivity index (χ2v) is 7.40. The molecule has 0 spiro atoms. The van der Waals surface area contributed by atoms with Gasteiger partial charge in [-0.3, -0.25) is 0 Å². The van der Waals surface area contributed by atoms with E-state index in [2.05, 4.69) is 6.92 Å². The molecule has 1 aromatic carbocycles. The Hall–Kier alpha value is -1.07. The zero-order chi connectivity index (χ0) is 14.6. The van der Waals surface area contributed by atoms with Crippen LogP contribution in [0.2, 0.25) is 0 Å². The Labute approximate surface area is 122 Å². The largest absolute Gasteiger partial charge is 0.398 e. The number of rotatable bonds is 4. The molecule has 0 amide bonds. The summed E-state index contributed by atoms with van der Waals surface area (Å²) in [6.07, 6.45) is 5.05. The highest BCUT2D eigenvalue weighted by Gasteiger charge is 2.30. The average molecular weight is 296 g/mol. The van der Waals surface area contributed by atoms with Crippen molar-refractivity contribution in [2.45, 2.75) is 50.8 Å². The van der Waals surface area contributed by atoms with Crippen molar-refractivity contribution in [3.05, 3.63) is 29.8 Å². The van der Waals surface area contributed by atoms with Gasteiger partial charge in [-0.25, -0.2) is 8.42 Å². The second kappa shape index (κ2) is 6.59. The Balaban J connectivity index is 2.22. The van der Waals surface area contributed by atoms with E-state index in [4.69, 9.17) is 5.73 Å². The van der Waals surface area contributed by atoms with Crippen LogP contribution in [-0.2, 0) is 15.8 Å². The fraction of sp³-hybridized carbons (Fsp3) is 0.600. The summed E-state index contributed by atoms with van der Waals surface area (Å²) in [5.74, 6) is 0.0101. The molecule has 5 heteroatoms. The molecule has 20 heavy (non-hydrogen) atoms. The molecule has 1 atom stereocenters. The first-order valence-electron chi connectivity index (χ1n) is 7.37. The van der Waals surface area contributed by atoms with Crippen LogP contribution in [0.15, 0.2) is 24.3 Å². The zero-order valence-electron chi connectivity index (χ0n) is 12.1. The van der Waals surface area contributed by atoms with Crippen molar-refractivity contribution in [3.8, 4) is 0 Å². The monoisotopic (exact) mass is 296 g/mol. The molecular formula is C15H24N2O2S. The Kier molecular flexibility index (Phi) is 5.05. The van der Waals surface area contributed by atoms with Crippen LogP contribution in [0.3, 0.4) is 0 Å². The number of para-hydroxylation sites is 1. The molecule has 1 unspecified atom stereocenters. The van der Waals surface area contributed by atoms with Gasteiger partial charge in [-0.15, -0.1) is 0 Å². The van der Waals surface area contributed by atoms with E-state index >= 15 is 0 Å². The Morgan fingerprint density at radius 2 is 2.00 bits per heavy atom. The Bertz CT molecular complexity index is 543. The minimum atomic E-state index is -3.29. The van der Waals surface area contributed by atoms with Gasteiger partial charge in [0.25, 0.3) is 0 Å². The number of hydrogen-bond donors (Lipinski definition) is 1. The number of sulfonamides is 1. The van der Waals surface area contributed by atoms with Crippen LogP contribution in [0.1, 0.15) is 44.6 Å². The lowest BCUT2D eigenvalue weighted by molar-refractivity contribution is 0.314. The predicted octanol–water partition coefficient (Wildman–Crippen LogP) is 2.75. The maximum Gasteiger partial charge on any atom is 0.218 e. The molecular weight excluding hydrogens is 272 g/mol. The summed E-state index contributed by atoms with van der Waals surface area (Å²) >= 11 is 0. The summed E-state index contributed by atoms with van der Waals surface area (Å²) in [6.45, 7) is 2.71. The normalized spacial score (nSPS) is 21.6. The number of hydrogen-bond acceptors (Lipinski definition) is 3. The third-order valence-electron chi connectivity index (χ3n) is 4.04. The molecule has 0 aliphatic carbocycles. The molecule has 0 radical (unpaired) electrons. The van der Waals surface area contributed by atoms with Gasteiger partial charge in [0.2, 0.25) is 10.0 Å². The highest BCUT2D eigenvalue weighted by atomic mass is 32.2. The molecule has 1 aliphatic heterocycles. The molecule has 0 aromatic heterocycles. The molecule has 2 N–H and O–H groups in total. The van der Waals surface area contributed by atoms with E-state index < -0.39 is 10.0 Å². The summed E-state index contributed by atoms with van der Waals surface area (Å²) in [5.41, 5.74) is 7.13. The Morgan fingerprint density at radius 3 is 2.70 bits per heavy atom. The standard InChI is InChI=1S/C15H24N2O2S/c1-2-14-9-4-3-7-11-17(14)20(18,19)12-13-8-5-6-10-15(13)16/h5-6,8,10,14H,2-4,7,9,11-12,16H2,1H3. The third-order valence-corrected chi connectivity index (χ3v) is 5.92. The fourth-order valence-corrected chi connectivity index (χ4v) is 4.81. The van der Waals surface area contributed by atoms with Crippen molar-refractivity contribution in [3.63, 3.8) is 0 Å². The molecule has 1 saturated heterocycles. The van der Waals surface area contributed by atoms with Gasteiger partial charge in [0.05, 0.1) is 5.75 Å². The zero-order valence-corrected chi connectivity index (χ0v) is 12.9. The minimum absolute atomic E-state index is 0.0101. The van der Waals surface area contributed by atoms with Crippen LogP contribution in [-0.4, -0.2) is 25.3 Å². The lowest BCUT2D eigenvalue weighted by atomic mass is 10.1. The van der Waals surface area contributed by atoms with E-state index in [9.17, 15) is 8.42 Å². The summed E-state index contributed by atoms with van der Waals surface area (Å²) < 4.78 is 27.1. The van der Waals surface area contributed by atoms with Crippen LogP contribution in [0.25, 0.3) is 0 Å². The number of nitrogens with two attached hydrogens (primary N) is 1. The smallest absolute Gasteiger partial charge is 0.218 e. The van der Waals surface area contributed by atoms with Crippen molar-refractivity contribution in [1.82, 2.24) is 4.31 Å². The lowest BCUT2D eigenvalue weighted by Gasteiger charge is -2.28. The molecule has 2 rings (SSSR count). The van der Waals surface area contributed by atoms with E-state index in [0.717, 1.165) is 32.1 Å². The van der Waals surface area contributed by atoms with E-state index in [-0.39, 0.29) is 11.8 Å². The molecule has 1 fully saturated rings. The van der Waals surface area contributed by atoms with Gasteiger partial charge in [-0.1, -0.05) is 38.0 Å². The number of benzene rings is 1. The average Bonchev–Trinajstić information content (AvgIpc) is 2.66. The van der Waals surface area contributed by atoms with E-state index in [0.29, 0.717) is 17.8 Å². The van der Waals surface area contributed by atoms with E-state index in [1.807, 2.05) is 12.1 Å². The molecule has 1 heterocycles. The summed E-state index contributed by atoms with van der Waals surface area (Å²) in [7, 11) is -3.29. The fourth-order valence-electron chi connectivity index (χ4n) is 2.87. The van der Waals surface area contributed by atoms with Gasteiger partial charge in [0.1, 0.15) is 0 Å². The summed E-state index contributed by atoms with van der Waals surface area (Å²) in [5, 5.41) is 0. The van der Waals surface area contributed by atoms with Crippen LogP contribution in [0.5, 0.6) is 0 Å². The van der Waals surface area contributed by atoms with Gasteiger partial charge < -0.3 is 5.73 Å². The van der Waals surface area contributed by atoms with Crippen molar-refractivity contribution in [2.24, 2.45) is 0 Å². The van der Waals surface area contributed by atoms with Crippen molar-refractivity contribution < 1.29 is 8.42 Å². The van der Waals surface area contributed by atoms with Gasteiger partial charge in [0, 0.05) is 18.3 Å². The van der Waals surface area contributed by atoms with E-state index in [1.165, 1.54) is 0 Å². The highest BCUT2D eigenvalue weighted by molar-refractivity contribution is 7.88. The minimum Gasteiger partial charge on any atom is -0.398 e. The van der Waals surface area contributed by atoms with Crippen LogP contribution in [0.4, 0.5) is 5.69 Å².